The van der Waals surface area contributed by atoms with E-state index in [2.05, 4.69) is 39.5 Å². The van der Waals surface area contributed by atoms with E-state index in [1.165, 1.54) is 6.42 Å². The number of rotatable bonds is 3. The normalized spacial score (nSPS) is 31.2. The summed E-state index contributed by atoms with van der Waals surface area (Å²) in [5, 5.41) is 9.64. The maximum absolute atomic E-state index is 9.64. The first-order chi connectivity index (χ1) is 7.77. The molecule has 0 saturated carbocycles. The van der Waals surface area contributed by atoms with Crippen LogP contribution in [0.3, 0.4) is 0 Å². The average molecular weight is 242 g/mol. The number of hydrogen-bond donors (Lipinski definition) is 2. The van der Waals surface area contributed by atoms with Crippen molar-refractivity contribution in [1.29, 1.82) is 0 Å². The Bertz CT molecular complexity index is 237. The maximum Gasteiger partial charge on any atom is 0.0602 e. The van der Waals surface area contributed by atoms with Gasteiger partial charge in [-0.1, -0.05) is 34.6 Å². The number of nitrogens with two attached hydrogens (primary N) is 1. The van der Waals surface area contributed by atoms with Gasteiger partial charge in [0.15, 0.2) is 0 Å². The lowest BCUT2D eigenvalue weighted by Crippen LogP contribution is -2.58. The summed E-state index contributed by atoms with van der Waals surface area (Å²) in [6.45, 7) is 13.4. The molecule has 17 heavy (non-hydrogen) atoms. The molecule has 3 heteroatoms. The predicted octanol–water partition coefficient (Wildman–Crippen LogP) is 1.70. The Morgan fingerprint density at radius 1 is 1.29 bits per heavy atom. The predicted molar refractivity (Wildman–Crippen MR) is 72.8 cm³/mol. The van der Waals surface area contributed by atoms with E-state index in [1.54, 1.807) is 0 Å². The summed E-state index contributed by atoms with van der Waals surface area (Å²) >= 11 is 0. The van der Waals surface area contributed by atoms with Crippen molar-refractivity contribution in [2.24, 2.45) is 23.0 Å². The molecule has 3 nitrogen and oxygen atoms in total. The fourth-order valence-electron chi connectivity index (χ4n) is 2.63. The fourth-order valence-corrected chi connectivity index (χ4v) is 2.63. The summed E-state index contributed by atoms with van der Waals surface area (Å²) in [6, 6.07) is 0.123. The molecule has 0 aliphatic carbocycles. The number of nitrogens with zero attached hydrogens (tertiary/aromatic N) is 1. The van der Waals surface area contributed by atoms with Crippen molar-refractivity contribution in [2.45, 2.75) is 53.1 Å². The highest BCUT2D eigenvalue weighted by atomic mass is 16.3. The van der Waals surface area contributed by atoms with Gasteiger partial charge in [-0.15, -0.1) is 0 Å². The zero-order chi connectivity index (χ0) is 13.2. The number of likely N-dealkylation sites (tertiary alicyclic amines) is 1. The van der Waals surface area contributed by atoms with Crippen LogP contribution in [0.25, 0.3) is 0 Å². The van der Waals surface area contributed by atoms with Gasteiger partial charge >= 0.3 is 0 Å². The van der Waals surface area contributed by atoms with Crippen LogP contribution in [0.1, 0.15) is 41.0 Å². The van der Waals surface area contributed by atoms with E-state index in [0.717, 1.165) is 19.0 Å². The van der Waals surface area contributed by atoms with E-state index in [9.17, 15) is 5.11 Å². The van der Waals surface area contributed by atoms with E-state index < -0.39 is 0 Å². The Labute approximate surface area is 106 Å². The summed E-state index contributed by atoms with van der Waals surface area (Å²) in [6.07, 6.45) is 1.22. The third kappa shape index (κ3) is 3.67. The van der Waals surface area contributed by atoms with Gasteiger partial charge in [0, 0.05) is 18.6 Å². The molecule has 1 heterocycles. The smallest absolute Gasteiger partial charge is 0.0602 e. The van der Waals surface area contributed by atoms with Crippen LogP contribution in [0, 0.1) is 17.3 Å². The van der Waals surface area contributed by atoms with E-state index in [4.69, 9.17) is 5.73 Å². The molecule has 0 aromatic carbocycles. The molecule has 1 rings (SSSR count). The van der Waals surface area contributed by atoms with Gasteiger partial charge in [0.2, 0.25) is 0 Å². The SMILES string of the molecule is CC1CCN(C(CO)C(N)C(C)(C)C)CC1C. The molecule has 1 saturated heterocycles. The molecule has 0 spiro atoms. The van der Waals surface area contributed by atoms with Gasteiger partial charge in [0.1, 0.15) is 0 Å². The van der Waals surface area contributed by atoms with Gasteiger partial charge in [-0.25, -0.2) is 0 Å². The molecule has 0 bridgehead atoms. The molecule has 0 aromatic rings. The number of hydrogen-bond acceptors (Lipinski definition) is 3. The van der Waals surface area contributed by atoms with E-state index in [-0.39, 0.29) is 24.1 Å². The summed E-state index contributed by atoms with van der Waals surface area (Å²) < 4.78 is 0. The lowest BCUT2D eigenvalue weighted by molar-refractivity contribution is 0.0286. The Balaban J connectivity index is 2.68. The summed E-state index contributed by atoms with van der Waals surface area (Å²) in [5.41, 5.74) is 6.36. The zero-order valence-corrected chi connectivity index (χ0v) is 12.1. The molecular formula is C14H30N2O. The Morgan fingerprint density at radius 2 is 1.88 bits per heavy atom. The Morgan fingerprint density at radius 3 is 2.29 bits per heavy atom. The number of aliphatic hydroxyl groups excluding tert-OH is 1. The minimum atomic E-state index is 0.0214. The van der Waals surface area contributed by atoms with Gasteiger partial charge in [-0.3, -0.25) is 4.90 Å². The highest BCUT2D eigenvalue weighted by Crippen LogP contribution is 2.28. The van der Waals surface area contributed by atoms with Gasteiger partial charge in [-0.05, 0) is 30.2 Å². The topological polar surface area (TPSA) is 49.5 Å². The molecule has 1 aliphatic rings. The largest absolute Gasteiger partial charge is 0.395 e. The Kier molecular flexibility index (Phi) is 4.99. The molecule has 3 N–H and O–H groups in total. The zero-order valence-electron chi connectivity index (χ0n) is 12.1. The van der Waals surface area contributed by atoms with Crippen LogP contribution in [0.4, 0.5) is 0 Å². The first kappa shape index (κ1) is 14.9. The van der Waals surface area contributed by atoms with Crippen LogP contribution in [-0.2, 0) is 0 Å². The molecule has 0 aromatic heterocycles. The second-order valence-electron chi connectivity index (χ2n) is 6.88. The lowest BCUT2D eigenvalue weighted by Gasteiger charge is -2.44. The molecule has 0 radical (unpaired) electrons. The van der Waals surface area contributed by atoms with E-state index >= 15 is 0 Å². The first-order valence-electron chi connectivity index (χ1n) is 6.88. The molecule has 4 unspecified atom stereocenters. The molecule has 1 aliphatic heterocycles. The van der Waals surface area contributed by atoms with Crippen molar-refractivity contribution in [2.75, 3.05) is 19.7 Å². The number of aliphatic hydroxyl groups is 1. The molecule has 102 valence electrons. The van der Waals surface area contributed by atoms with Crippen LogP contribution in [0.5, 0.6) is 0 Å². The lowest BCUT2D eigenvalue weighted by atomic mass is 9.80. The standard InChI is InChI=1S/C14H30N2O/c1-10-6-7-16(8-11(10)2)12(9-17)13(15)14(3,4)5/h10-13,17H,6-9,15H2,1-5H3. The van der Waals surface area contributed by atoms with Crippen molar-refractivity contribution >= 4 is 0 Å². The van der Waals surface area contributed by atoms with Gasteiger partial charge in [0.05, 0.1) is 6.61 Å². The maximum atomic E-state index is 9.64. The number of piperidine rings is 1. The van der Waals surface area contributed by atoms with Crippen LogP contribution in [0.15, 0.2) is 0 Å². The summed E-state index contributed by atoms with van der Waals surface area (Å²) in [7, 11) is 0. The monoisotopic (exact) mass is 242 g/mol. The van der Waals surface area contributed by atoms with E-state index in [0.29, 0.717) is 5.92 Å². The third-order valence-corrected chi connectivity index (χ3v) is 4.44. The average Bonchev–Trinajstić information content (AvgIpc) is 2.23. The van der Waals surface area contributed by atoms with Crippen LogP contribution in [0.2, 0.25) is 0 Å². The second-order valence-corrected chi connectivity index (χ2v) is 6.88. The van der Waals surface area contributed by atoms with Crippen molar-refractivity contribution in [3.8, 4) is 0 Å². The highest BCUT2D eigenvalue weighted by molar-refractivity contribution is 4.92. The first-order valence-corrected chi connectivity index (χ1v) is 6.88. The third-order valence-electron chi connectivity index (χ3n) is 4.44. The highest BCUT2D eigenvalue weighted by Gasteiger charge is 2.35. The molecule has 1 fully saturated rings. The van der Waals surface area contributed by atoms with Crippen LogP contribution in [-0.4, -0.2) is 41.8 Å². The molecule has 4 atom stereocenters. The molecular weight excluding hydrogens is 212 g/mol. The summed E-state index contributed by atoms with van der Waals surface area (Å²) in [4.78, 5) is 2.39. The van der Waals surface area contributed by atoms with Crippen molar-refractivity contribution in [1.82, 2.24) is 4.90 Å². The Hall–Kier alpha value is -0.120. The van der Waals surface area contributed by atoms with Crippen molar-refractivity contribution in [3.63, 3.8) is 0 Å². The minimum Gasteiger partial charge on any atom is -0.395 e. The van der Waals surface area contributed by atoms with Crippen molar-refractivity contribution < 1.29 is 5.11 Å². The van der Waals surface area contributed by atoms with Crippen molar-refractivity contribution in [3.05, 3.63) is 0 Å². The summed E-state index contributed by atoms with van der Waals surface area (Å²) in [5.74, 6) is 1.49. The van der Waals surface area contributed by atoms with E-state index in [1.807, 2.05) is 0 Å². The second kappa shape index (κ2) is 5.68. The van der Waals surface area contributed by atoms with Crippen LogP contribution >= 0.6 is 0 Å². The van der Waals surface area contributed by atoms with Crippen LogP contribution < -0.4 is 5.73 Å². The minimum absolute atomic E-state index is 0.0214. The van der Waals surface area contributed by atoms with Gasteiger partial charge < -0.3 is 10.8 Å². The van der Waals surface area contributed by atoms with Gasteiger partial charge in [0.25, 0.3) is 0 Å². The fraction of sp³-hybridized carbons (Fsp3) is 1.00. The molecule has 0 amide bonds. The van der Waals surface area contributed by atoms with Gasteiger partial charge in [-0.2, -0.15) is 0 Å². The quantitative estimate of drug-likeness (QED) is 0.792.